The summed E-state index contributed by atoms with van der Waals surface area (Å²) in [4.78, 5) is 0. The molecule has 1 N–H and O–H groups in total. The maximum atomic E-state index is 5.62. The van der Waals surface area contributed by atoms with Crippen LogP contribution in [0.15, 0.2) is 24.3 Å². The van der Waals surface area contributed by atoms with E-state index in [1.807, 2.05) is 24.3 Å². The predicted octanol–water partition coefficient (Wildman–Crippen LogP) is 2.07. The first-order valence-electron chi connectivity index (χ1n) is 5.26. The standard InChI is InChI=1S/C12H19NO2/c1-4-13-10(2)9-15-12-7-5-6-11(8-12)14-3/h5-8,10,13H,4,9H2,1-3H3. The summed E-state index contributed by atoms with van der Waals surface area (Å²) in [5, 5.41) is 3.29. The molecule has 0 aliphatic carbocycles. The van der Waals surface area contributed by atoms with E-state index in [-0.39, 0.29) is 0 Å². The van der Waals surface area contributed by atoms with Gasteiger partial charge < -0.3 is 14.8 Å². The summed E-state index contributed by atoms with van der Waals surface area (Å²) in [6.45, 7) is 5.81. The predicted molar refractivity (Wildman–Crippen MR) is 61.6 cm³/mol. The van der Waals surface area contributed by atoms with Crippen LogP contribution in [0.3, 0.4) is 0 Å². The molecule has 1 aromatic carbocycles. The zero-order valence-electron chi connectivity index (χ0n) is 9.62. The van der Waals surface area contributed by atoms with E-state index in [0.29, 0.717) is 12.6 Å². The van der Waals surface area contributed by atoms with Gasteiger partial charge in [0, 0.05) is 12.1 Å². The summed E-state index contributed by atoms with van der Waals surface area (Å²) < 4.78 is 10.7. The van der Waals surface area contributed by atoms with Crippen LogP contribution >= 0.6 is 0 Å². The fourth-order valence-corrected chi connectivity index (χ4v) is 1.32. The first-order chi connectivity index (χ1) is 7.26. The first kappa shape index (κ1) is 11.9. The number of hydrogen-bond acceptors (Lipinski definition) is 3. The molecular formula is C12H19NO2. The smallest absolute Gasteiger partial charge is 0.123 e. The number of likely N-dealkylation sites (N-methyl/N-ethyl adjacent to an activating group) is 1. The van der Waals surface area contributed by atoms with Crippen LogP contribution in [-0.4, -0.2) is 26.3 Å². The number of hydrogen-bond donors (Lipinski definition) is 1. The third-order valence-electron chi connectivity index (χ3n) is 2.09. The van der Waals surface area contributed by atoms with Gasteiger partial charge in [-0.25, -0.2) is 0 Å². The summed E-state index contributed by atoms with van der Waals surface area (Å²) in [6.07, 6.45) is 0. The SMILES string of the molecule is CCNC(C)COc1cccc(OC)c1. The van der Waals surface area contributed by atoms with Crippen LogP contribution in [0.2, 0.25) is 0 Å². The Bertz CT molecular complexity index is 289. The second-order valence-electron chi connectivity index (χ2n) is 3.45. The van der Waals surface area contributed by atoms with Crippen LogP contribution in [0.5, 0.6) is 11.5 Å². The Balaban J connectivity index is 2.43. The summed E-state index contributed by atoms with van der Waals surface area (Å²) in [5.41, 5.74) is 0. The minimum atomic E-state index is 0.362. The van der Waals surface area contributed by atoms with Crippen molar-refractivity contribution < 1.29 is 9.47 Å². The van der Waals surface area contributed by atoms with Crippen molar-refractivity contribution in [2.24, 2.45) is 0 Å². The van der Waals surface area contributed by atoms with Crippen LogP contribution in [-0.2, 0) is 0 Å². The molecular weight excluding hydrogens is 190 g/mol. The molecule has 0 fully saturated rings. The Morgan fingerprint density at radius 2 is 2.07 bits per heavy atom. The summed E-state index contributed by atoms with van der Waals surface area (Å²) in [7, 11) is 1.65. The van der Waals surface area contributed by atoms with Crippen molar-refractivity contribution in [3.8, 4) is 11.5 Å². The van der Waals surface area contributed by atoms with Gasteiger partial charge in [0.1, 0.15) is 18.1 Å². The van der Waals surface area contributed by atoms with Crippen LogP contribution in [0.25, 0.3) is 0 Å². The lowest BCUT2D eigenvalue weighted by Crippen LogP contribution is -2.31. The fraction of sp³-hybridized carbons (Fsp3) is 0.500. The van der Waals surface area contributed by atoms with E-state index in [2.05, 4.69) is 19.2 Å². The van der Waals surface area contributed by atoms with Crippen molar-refractivity contribution >= 4 is 0 Å². The minimum absolute atomic E-state index is 0.362. The van der Waals surface area contributed by atoms with Crippen molar-refractivity contribution in [3.05, 3.63) is 24.3 Å². The van der Waals surface area contributed by atoms with Crippen molar-refractivity contribution in [2.75, 3.05) is 20.3 Å². The molecule has 1 unspecified atom stereocenters. The molecule has 3 heteroatoms. The molecule has 1 atom stereocenters. The Labute approximate surface area is 91.4 Å². The molecule has 1 aromatic rings. The van der Waals surface area contributed by atoms with E-state index in [9.17, 15) is 0 Å². The Hall–Kier alpha value is -1.22. The molecule has 0 radical (unpaired) electrons. The van der Waals surface area contributed by atoms with Crippen molar-refractivity contribution in [1.82, 2.24) is 5.32 Å². The normalized spacial score (nSPS) is 12.2. The van der Waals surface area contributed by atoms with Gasteiger partial charge in [-0.1, -0.05) is 13.0 Å². The number of methoxy groups -OCH3 is 1. The number of nitrogens with one attached hydrogen (secondary N) is 1. The zero-order valence-corrected chi connectivity index (χ0v) is 9.62. The third-order valence-corrected chi connectivity index (χ3v) is 2.09. The Morgan fingerprint density at radius 3 is 2.73 bits per heavy atom. The Kier molecular flexibility index (Phi) is 4.98. The van der Waals surface area contributed by atoms with E-state index < -0.39 is 0 Å². The van der Waals surface area contributed by atoms with Crippen molar-refractivity contribution in [2.45, 2.75) is 19.9 Å². The highest BCUT2D eigenvalue weighted by Crippen LogP contribution is 2.18. The van der Waals surface area contributed by atoms with E-state index in [0.717, 1.165) is 18.0 Å². The third kappa shape index (κ3) is 4.21. The topological polar surface area (TPSA) is 30.5 Å². The molecule has 0 aliphatic rings. The fourth-order valence-electron chi connectivity index (χ4n) is 1.32. The van der Waals surface area contributed by atoms with E-state index in [4.69, 9.17) is 9.47 Å². The largest absolute Gasteiger partial charge is 0.497 e. The second kappa shape index (κ2) is 6.30. The summed E-state index contributed by atoms with van der Waals surface area (Å²) >= 11 is 0. The summed E-state index contributed by atoms with van der Waals surface area (Å²) in [6, 6.07) is 8.01. The average molecular weight is 209 g/mol. The average Bonchev–Trinajstić information content (AvgIpc) is 2.27. The lowest BCUT2D eigenvalue weighted by atomic mass is 10.3. The van der Waals surface area contributed by atoms with E-state index in [1.54, 1.807) is 7.11 Å². The lowest BCUT2D eigenvalue weighted by Gasteiger charge is -2.13. The molecule has 1 rings (SSSR count). The molecule has 0 saturated carbocycles. The molecule has 0 heterocycles. The van der Waals surface area contributed by atoms with Gasteiger partial charge in [-0.05, 0) is 25.6 Å². The van der Waals surface area contributed by atoms with Crippen LogP contribution < -0.4 is 14.8 Å². The Morgan fingerprint density at radius 1 is 1.33 bits per heavy atom. The maximum absolute atomic E-state index is 5.62. The van der Waals surface area contributed by atoms with Crippen LogP contribution in [0.4, 0.5) is 0 Å². The number of rotatable bonds is 6. The minimum Gasteiger partial charge on any atom is -0.497 e. The van der Waals surface area contributed by atoms with E-state index >= 15 is 0 Å². The molecule has 84 valence electrons. The van der Waals surface area contributed by atoms with Crippen molar-refractivity contribution in [3.63, 3.8) is 0 Å². The van der Waals surface area contributed by atoms with Gasteiger partial charge in [0.2, 0.25) is 0 Å². The maximum Gasteiger partial charge on any atom is 0.123 e. The van der Waals surface area contributed by atoms with Gasteiger partial charge in [-0.3, -0.25) is 0 Å². The molecule has 0 aliphatic heterocycles. The van der Waals surface area contributed by atoms with Gasteiger partial charge in [-0.15, -0.1) is 0 Å². The van der Waals surface area contributed by atoms with Crippen LogP contribution in [0.1, 0.15) is 13.8 Å². The van der Waals surface area contributed by atoms with Gasteiger partial charge in [-0.2, -0.15) is 0 Å². The van der Waals surface area contributed by atoms with Gasteiger partial charge in [0.15, 0.2) is 0 Å². The zero-order chi connectivity index (χ0) is 11.1. The van der Waals surface area contributed by atoms with Gasteiger partial charge >= 0.3 is 0 Å². The number of benzene rings is 1. The quantitative estimate of drug-likeness (QED) is 0.778. The molecule has 3 nitrogen and oxygen atoms in total. The monoisotopic (exact) mass is 209 g/mol. The molecule has 15 heavy (non-hydrogen) atoms. The highest BCUT2D eigenvalue weighted by molar-refractivity contribution is 5.32. The van der Waals surface area contributed by atoms with E-state index in [1.165, 1.54) is 0 Å². The highest BCUT2D eigenvalue weighted by Gasteiger charge is 2.01. The molecule has 0 saturated heterocycles. The van der Waals surface area contributed by atoms with Gasteiger partial charge in [0.25, 0.3) is 0 Å². The molecule has 0 bridgehead atoms. The molecule has 0 aromatic heterocycles. The molecule has 0 spiro atoms. The highest BCUT2D eigenvalue weighted by atomic mass is 16.5. The second-order valence-corrected chi connectivity index (χ2v) is 3.45. The molecule has 0 amide bonds. The first-order valence-corrected chi connectivity index (χ1v) is 5.26. The lowest BCUT2D eigenvalue weighted by molar-refractivity contribution is 0.274. The number of ether oxygens (including phenoxy) is 2. The van der Waals surface area contributed by atoms with Crippen LogP contribution in [0, 0.1) is 0 Å². The van der Waals surface area contributed by atoms with Gasteiger partial charge in [0.05, 0.1) is 7.11 Å². The summed E-state index contributed by atoms with van der Waals surface area (Å²) in [5.74, 6) is 1.67. The van der Waals surface area contributed by atoms with Crippen molar-refractivity contribution in [1.29, 1.82) is 0 Å².